The number of hydrogen-bond acceptors (Lipinski definition) is 7. The largest absolute Gasteiger partial charge is 0.493 e. The molecular weight excluding hydrogens is 486 g/mol. The summed E-state index contributed by atoms with van der Waals surface area (Å²) in [5.74, 6) is -1.55. The molecule has 36 heavy (non-hydrogen) atoms. The minimum Gasteiger partial charge on any atom is -0.493 e. The SMILES string of the molecule is CCOc1ccccc1NC(=O)C(=O)NN=C(C)c1ccc(OC(=O)c2cccc(Cl)c2)c(OC)c1. The molecular formula is C26H24ClN3O6. The van der Waals surface area contributed by atoms with Gasteiger partial charge in [0.15, 0.2) is 11.5 Å². The Labute approximate surface area is 213 Å². The number of esters is 1. The first-order chi connectivity index (χ1) is 17.3. The molecule has 3 aromatic carbocycles. The summed E-state index contributed by atoms with van der Waals surface area (Å²) in [6, 6.07) is 17.9. The number of halogens is 1. The van der Waals surface area contributed by atoms with Gasteiger partial charge in [-0.25, -0.2) is 10.2 Å². The van der Waals surface area contributed by atoms with E-state index in [1.54, 1.807) is 61.5 Å². The quantitative estimate of drug-likeness (QED) is 0.152. The number of rotatable bonds is 8. The fraction of sp³-hybridized carbons (Fsp3) is 0.154. The molecule has 10 heteroatoms. The molecule has 0 saturated carbocycles. The van der Waals surface area contributed by atoms with E-state index in [2.05, 4.69) is 15.8 Å². The van der Waals surface area contributed by atoms with Gasteiger partial charge in [-0.3, -0.25) is 9.59 Å². The third-order valence-corrected chi connectivity index (χ3v) is 5.05. The fourth-order valence-corrected chi connectivity index (χ4v) is 3.22. The zero-order valence-corrected chi connectivity index (χ0v) is 20.6. The minimum absolute atomic E-state index is 0.190. The van der Waals surface area contributed by atoms with Crippen molar-refractivity contribution in [2.75, 3.05) is 19.0 Å². The van der Waals surface area contributed by atoms with Crippen LogP contribution in [-0.2, 0) is 9.59 Å². The average Bonchev–Trinajstić information content (AvgIpc) is 2.88. The van der Waals surface area contributed by atoms with Gasteiger partial charge in [0.1, 0.15) is 5.75 Å². The molecule has 0 saturated heterocycles. The minimum atomic E-state index is -0.959. The smallest absolute Gasteiger partial charge is 0.343 e. The number of carbonyl (C=O) groups excluding carboxylic acids is 3. The molecule has 186 valence electrons. The molecule has 3 aromatic rings. The Morgan fingerprint density at radius 3 is 2.39 bits per heavy atom. The lowest BCUT2D eigenvalue weighted by molar-refractivity contribution is -0.136. The predicted octanol–water partition coefficient (Wildman–Crippen LogP) is 4.45. The van der Waals surface area contributed by atoms with Crippen LogP contribution in [0.2, 0.25) is 5.02 Å². The summed E-state index contributed by atoms with van der Waals surface area (Å²) in [6.07, 6.45) is 0. The third-order valence-electron chi connectivity index (χ3n) is 4.81. The summed E-state index contributed by atoms with van der Waals surface area (Å²) in [5, 5.41) is 6.89. The second-order valence-corrected chi connectivity index (χ2v) is 7.72. The van der Waals surface area contributed by atoms with Gasteiger partial charge in [-0.15, -0.1) is 0 Å². The lowest BCUT2D eigenvalue weighted by atomic mass is 10.1. The van der Waals surface area contributed by atoms with Crippen molar-refractivity contribution in [1.82, 2.24) is 5.43 Å². The number of hydrazone groups is 1. The summed E-state index contributed by atoms with van der Waals surface area (Å²) in [6.45, 7) is 3.85. The van der Waals surface area contributed by atoms with Crippen molar-refractivity contribution in [2.24, 2.45) is 5.10 Å². The van der Waals surface area contributed by atoms with E-state index in [4.69, 9.17) is 25.8 Å². The maximum absolute atomic E-state index is 12.4. The van der Waals surface area contributed by atoms with Crippen LogP contribution in [0, 0.1) is 0 Å². The Bertz CT molecular complexity index is 1310. The summed E-state index contributed by atoms with van der Waals surface area (Å²) < 4.78 is 16.2. The Balaban J connectivity index is 1.67. The topological polar surface area (TPSA) is 115 Å². The Morgan fingerprint density at radius 2 is 1.67 bits per heavy atom. The fourth-order valence-electron chi connectivity index (χ4n) is 3.03. The van der Waals surface area contributed by atoms with Gasteiger partial charge in [0, 0.05) is 10.6 Å². The standard InChI is InChI=1S/C26H24ClN3O6/c1-4-35-21-11-6-5-10-20(21)28-24(31)25(32)30-29-16(2)17-12-13-22(23(15-17)34-3)36-26(33)18-8-7-9-19(27)14-18/h5-15H,4H2,1-3H3,(H,28,31)(H,30,32). The number of hydrogen-bond donors (Lipinski definition) is 2. The summed E-state index contributed by atoms with van der Waals surface area (Å²) in [7, 11) is 1.43. The molecule has 0 aliphatic carbocycles. The maximum Gasteiger partial charge on any atom is 0.343 e. The Kier molecular flexibility index (Phi) is 9.01. The van der Waals surface area contributed by atoms with Gasteiger partial charge >= 0.3 is 17.8 Å². The number of ether oxygens (including phenoxy) is 3. The van der Waals surface area contributed by atoms with Gasteiger partial charge in [-0.2, -0.15) is 5.10 Å². The van der Waals surface area contributed by atoms with E-state index in [9.17, 15) is 14.4 Å². The molecule has 0 aliphatic heterocycles. The number of benzene rings is 3. The molecule has 0 atom stereocenters. The lowest BCUT2D eigenvalue weighted by Crippen LogP contribution is -2.33. The molecule has 2 amide bonds. The van der Waals surface area contributed by atoms with Crippen LogP contribution in [0.3, 0.4) is 0 Å². The second kappa shape index (κ2) is 12.4. The van der Waals surface area contributed by atoms with Gasteiger partial charge in [0.05, 0.1) is 30.7 Å². The molecule has 2 N–H and O–H groups in total. The van der Waals surface area contributed by atoms with Crippen LogP contribution in [0.15, 0.2) is 71.8 Å². The number of methoxy groups -OCH3 is 1. The molecule has 0 aromatic heterocycles. The van der Waals surface area contributed by atoms with Crippen molar-refractivity contribution in [3.63, 3.8) is 0 Å². The molecule has 0 aliphatic rings. The highest BCUT2D eigenvalue weighted by Gasteiger charge is 2.17. The molecule has 0 unspecified atom stereocenters. The lowest BCUT2D eigenvalue weighted by Gasteiger charge is -2.12. The zero-order valence-electron chi connectivity index (χ0n) is 19.8. The predicted molar refractivity (Wildman–Crippen MR) is 136 cm³/mol. The van der Waals surface area contributed by atoms with Gasteiger partial charge in [0.25, 0.3) is 0 Å². The molecule has 0 fully saturated rings. The number of anilines is 1. The second-order valence-electron chi connectivity index (χ2n) is 7.29. The first kappa shape index (κ1) is 26.2. The molecule has 0 heterocycles. The van der Waals surface area contributed by atoms with Crippen LogP contribution in [0.25, 0.3) is 0 Å². The number of nitrogens with zero attached hydrogens (tertiary/aromatic N) is 1. The van der Waals surface area contributed by atoms with E-state index < -0.39 is 17.8 Å². The summed E-state index contributed by atoms with van der Waals surface area (Å²) in [4.78, 5) is 37.0. The van der Waals surface area contributed by atoms with Crippen molar-refractivity contribution in [1.29, 1.82) is 0 Å². The number of para-hydroxylation sites is 2. The van der Waals surface area contributed by atoms with Gasteiger partial charge in [-0.1, -0.05) is 29.8 Å². The zero-order chi connectivity index (χ0) is 26.1. The first-order valence-electron chi connectivity index (χ1n) is 10.9. The highest BCUT2D eigenvalue weighted by molar-refractivity contribution is 6.39. The van der Waals surface area contributed by atoms with E-state index in [1.807, 2.05) is 6.92 Å². The van der Waals surface area contributed by atoms with Crippen molar-refractivity contribution in [3.05, 3.63) is 82.9 Å². The summed E-state index contributed by atoms with van der Waals surface area (Å²) in [5.41, 5.74) is 3.83. The van der Waals surface area contributed by atoms with E-state index in [0.717, 1.165) is 0 Å². The van der Waals surface area contributed by atoms with Crippen LogP contribution in [0.1, 0.15) is 29.8 Å². The van der Waals surface area contributed by atoms with E-state index >= 15 is 0 Å². The normalized spacial score (nSPS) is 10.8. The highest BCUT2D eigenvalue weighted by atomic mass is 35.5. The van der Waals surface area contributed by atoms with Crippen molar-refractivity contribution in [2.45, 2.75) is 13.8 Å². The monoisotopic (exact) mass is 509 g/mol. The number of amides is 2. The Hall–Kier alpha value is -4.37. The van der Waals surface area contributed by atoms with Crippen LogP contribution in [0.4, 0.5) is 5.69 Å². The molecule has 0 spiro atoms. The number of carbonyl (C=O) groups is 3. The molecule has 0 bridgehead atoms. The van der Waals surface area contributed by atoms with Gasteiger partial charge < -0.3 is 19.5 Å². The Morgan fingerprint density at radius 1 is 0.889 bits per heavy atom. The first-order valence-corrected chi connectivity index (χ1v) is 11.2. The van der Waals surface area contributed by atoms with Crippen LogP contribution in [-0.4, -0.2) is 37.2 Å². The molecule has 3 rings (SSSR count). The van der Waals surface area contributed by atoms with E-state index in [-0.39, 0.29) is 17.1 Å². The maximum atomic E-state index is 12.4. The number of nitrogens with one attached hydrogen (secondary N) is 2. The molecule has 0 radical (unpaired) electrons. The highest BCUT2D eigenvalue weighted by Crippen LogP contribution is 2.29. The van der Waals surface area contributed by atoms with Crippen LogP contribution in [0.5, 0.6) is 17.2 Å². The van der Waals surface area contributed by atoms with Crippen LogP contribution < -0.4 is 25.0 Å². The third kappa shape index (κ3) is 6.83. The van der Waals surface area contributed by atoms with E-state index in [0.29, 0.717) is 34.3 Å². The van der Waals surface area contributed by atoms with E-state index in [1.165, 1.54) is 19.2 Å². The van der Waals surface area contributed by atoms with Crippen molar-refractivity contribution in [3.8, 4) is 17.2 Å². The van der Waals surface area contributed by atoms with Crippen molar-refractivity contribution >= 4 is 40.8 Å². The van der Waals surface area contributed by atoms with Crippen molar-refractivity contribution < 1.29 is 28.6 Å². The van der Waals surface area contributed by atoms with Gasteiger partial charge in [0.2, 0.25) is 0 Å². The molecule has 9 nitrogen and oxygen atoms in total. The van der Waals surface area contributed by atoms with Gasteiger partial charge in [-0.05, 0) is 62.4 Å². The van der Waals surface area contributed by atoms with Crippen LogP contribution >= 0.6 is 11.6 Å². The summed E-state index contributed by atoms with van der Waals surface area (Å²) >= 11 is 5.93. The average molecular weight is 510 g/mol.